The first-order valence-electron chi connectivity index (χ1n) is 3.21. The van der Waals surface area contributed by atoms with Gasteiger partial charge in [0.2, 0.25) is 0 Å². The van der Waals surface area contributed by atoms with Crippen LogP contribution in [-0.2, 0) is 0 Å². The van der Waals surface area contributed by atoms with Crippen molar-refractivity contribution in [1.82, 2.24) is 0 Å². The smallest absolute Gasteiger partial charge is 0.159 e. The molecule has 11 heavy (non-hydrogen) atoms. The van der Waals surface area contributed by atoms with Crippen LogP contribution in [0.1, 0.15) is 17.3 Å². The fraction of sp³-hybridized carbons (Fsp3) is 0.125. The molecule has 0 aliphatic rings. The van der Waals surface area contributed by atoms with Crippen molar-refractivity contribution in [2.75, 3.05) is 3.53 Å². The molecule has 1 rings (SSSR count). The van der Waals surface area contributed by atoms with Crippen LogP contribution in [0.3, 0.4) is 0 Å². The molecule has 0 radical (unpaired) electrons. The Hall–Kier alpha value is -0.580. The van der Waals surface area contributed by atoms with Gasteiger partial charge in [-0.15, -0.1) is 0 Å². The minimum atomic E-state index is 0.102. The van der Waals surface area contributed by atoms with Crippen LogP contribution in [0.15, 0.2) is 24.3 Å². The quantitative estimate of drug-likeness (QED) is 0.503. The number of halogens is 1. The van der Waals surface area contributed by atoms with E-state index in [1.165, 1.54) is 0 Å². The topological polar surface area (TPSA) is 29.1 Å². The van der Waals surface area contributed by atoms with Gasteiger partial charge in [0.1, 0.15) is 0 Å². The molecule has 0 aliphatic carbocycles. The number of carbonyl (C=O) groups is 1. The van der Waals surface area contributed by atoms with Gasteiger partial charge in [-0.3, -0.25) is 4.79 Å². The van der Waals surface area contributed by atoms with Crippen LogP contribution in [0, 0.1) is 0 Å². The van der Waals surface area contributed by atoms with Crippen molar-refractivity contribution in [3.63, 3.8) is 0 Å². The molecule has 1 aromatic rings. The van der Waals surface area contributed by atoms with Crippen LogP contribution >= 0.6 is 22.9 Å². The highest BCUT2D eigenvalue weighted by atomic mass is 127. The van der Waals surface area contributed by atoms with Crippen LogP contribution < -0.4 is 3.53 Å². The molecule has 1 aromatic carbocycles. The standard InChI is InChI=1S/C8H8INO/c1-6(11)7-2-4-8(10-9)5-3-7/h2-5,10H,1H3. The van der Waals surface area contributed by atoms with Crippen molar-refractivity contribution >= 4 is 34.3 Å². The zero-order valence-corrected chi connectivity index (χ0v) is 8.25. The molecule has 0 unspecified atom stereocenters. The average Bonchev–Trinajstić information content (AvgIpc) is 2.05. The lowest BCUT2D eigenvalue weighted by atomic mass is 10.1. The molecular weight excluding hydrogens is 253 g/mol. The Labute approximate surface area is 79.5 Å². The first kappa shape index (κ1) is 8.52. The van der Waals surface area contributed by atoms with E-state index in [1.54, 1.807) is 6.92 Å². The van der Waals surface area contributed by atoms with Crippen LogP contribution in [0.4, 0.5) is 5.69 Å². The molecule has 0 spiro atoms. The largest absolute Gasteiger partial charge is 0.328 e. The first-order chi connectivity index (χ1) is 5.24. The molecular formula is C8H8INO. The number of rotatable bonds is 2. The van der Waals surface area contributed by atoms with Crippen LogP contribution in [0.2, 0.25) is 0 Å². The number of Topliss-reactive ketones (excluding diaryl/α,β-unsaturated/α-hetero) is 1. The van der Waals surface area contributed by atoms with Crippen molar-refractivity contribution in [3.05, 3.63) is 29.8 Å². The van der Waals surface area contributed by atoms with Crippen molar-refractivity contribution in [2.45, 2.75) is 6.92 Å². The van der Waals surface area contributed by atoms with Gasteiger partial charge >= 0.3 is 0 Å². The Morgan fingerprint density at radius 3 is 2.27 bits per heavy atom. The third-order valence-corrected chi connectivity index (χ3v) is 2.02. The predicted molar refractivity (Wildman–Crippen MR) is 54.1 cm³/mol. The second-order valence-corrected chi connectivity index (χ2v) is 2.77. The number of hydrogen-bond donors (Lipinski definition) is 1. The summed E-state index contributed by atoms with van der Waals surface area (Å²) < 4.78 is 2.95. The summed E-state index contributed by atoms with van der Waals surface area (Å²) in [4.78, 5) is 10.8. The van der Waals surface area contributed by atoms with E-state index in [1.807, 2.05) is 47.1 Å². The van der Waals surface area contributed by atoms with Crippen molar-refractivity contribution < 1.29 is 4.79 Å². The van der Waals surface area contributed by atoms with Gasteiger partial charge in [-0.2, -0.15) is 0 Å². The lowest BCUT2D eigenvalue weighted by Gasteiger charge is -1.97. The van der Waals surface area contributed by atoms with E-state index in [9.17, 15) is 4.79 Å². The second kappa shape index (κ2) is 3.71. The lowest BCUT2D eigenvalue weighted by molar-refractivity contribution is 0.101. The lowest BCUT2D eigenvalue weighted by Crippen LogP contribution is -1.90. The number of carbonyl (C=O) groups excluding carboxylic acids is 1. The van der Waals surface area contributed by atoms with Crippen LogP contribution in [0.25, 0.3) is 0 Å². The fourth-order valence-corrected chi connectivity index (χ4v) is 1.13. The third-order valence-electron chi connectivity index (χ3n) is 1.40. The van der Waals surface area contributed by atoms with Gasteiger partial charge in [0.15, 0.2) is 5.78 Å². The normalized spacial score (nSPS) is 9.27. The number of hydrogen-bond acceptors (Lipinski definition) is 2. The molecule has 0 saturated carbocycles. The van der Waals surface area contributed by atoms with E-state index >= 15 is 0 Å². The Morgan fingerprint density at radius 2 is 1.91 bits per heavy atom. The fourth-order valence-electron chi connectivity index (χ4n) is 0.768. The zero-order chi connectivity index (χ0) is 8.27. The number of ketones is 1. The Morgan fingerprint density at radius 1 is 1.36 bits per heavy atom. The highest BCUT2D eigenvalue weighted by molar-refractivity contribution is 14.1. The van der Waals surface area contributed by atoms with E-state index < -0.39 is 0 Å². The van der Waals surface area contributed by atoms with E-state index in [2.05, 4.69) is 3.53 Å². The maximum absolute atomic E-state index is 10.8. The Kier molecular flexibility index (Phi) is 2.87. The summed E-state index contributed by atoms with van der Waals surface area (Å²) in [7, 11) is 0. The molecule has 0 amide bonds. The Balaban J connectivity index is 2.91. The van der Waals surface area contributed by atoms with E-state index in [0.717, 1.165) is 11.3 Å². The second-order valence-electron chi connectivity index (χ2n) is 2.23. The molecule has 0 atom stereocenters. The van der Waals surface area contributed by atoms with Gasteiger partial charge in [0, 0.05) is 11.3 Å². The molecule has 0 heterocycles. The molecule has 58 valence electrons. The molecule has 1 N–H and O–H groups in total. The maximum Gasteiger partial charge on any atom is 0.159 e. The van der Waals surface area contributed by atoms with E-state index in [4.69, 9.17) is 0 Å². The minimum absolute atomic E-state index is 0.102. The van der Waals surface area contributed by atoms with E-state index in [0.29, 0.717) is 0 Å². The molecule has 0 fully saturated rings. The summed E-state index contributed by atoms with van der Waals surface area (Å²) in [6, 6.07) is 7.37. The van der Waals surface area contributed by atoms with Gasteiger partial charge in [0.25, 0.3) is 0 Å². The monoisotopic (exact) mass is 261 g/mol. The molecule has 0 saturated heterocycles. The van der Waals surface area contributed by atoms with Crippen molar-refractivity contribution in [2.24, 2.45) is 0 Å². The highest BCUT2D eigenvalue weighted by Crippen LogP contribution is 2.10. The Bertz CT molecular complexity index is 255. The van der Waals surface area contributed by atoms with Gasteiger partial charge in [-0.05, 0) is 31.2 Å². The van der Waals surface area contributed by atoms with Gasteiger partial charge in [-0.1, -0.05) is 0 Å². The predicted octanol–water partition coefficient (Wildman–Crippen LogP) is 2.65. The van der Waals surface area contributed by atoms with Crippen LogP contribution in [0.5, 0.6) is 0 Å². The van der Waals surface area contributed by atoms with Crippen LogP contribution in [-0.4, -0.2) is 5.78 Å². The average molecular weight is 261 g/mol. The zero-order valence-electron chi connectivity index (χ0n) is 6.10. The van der Waals surface area contributed by atoms with Gasteiger partial charge < -0.3 is 3.53 Å². The summed E-state index contributed by atoms with van der Waals surface area (Å²) in [5.74, 6) is 0.102. The minimum Gasteiger partial charge on any atom is -0.328 e. The maximum atomic E-state index is 10.8. The van der Waals surface area contributed by atoms with Crippen molar-refractivity contribution in [1.29, 1.82) is 0 Å². The first-order valence-corrected chi connectivity index (χ1v) is 4.29. The van der Waals surface area contributed by atoms with Crippen molar-refractivity contribution in [3.8, 4) is 0 Å². The summed E-state index contributed by atoms with van der Waals surface area (Å²) >= 11 is 2.05. The van der Waals surface area contributed by atoms with Gasteiger partial charge in [-0.25, -0.2) is 0 Å². The molecule has 0 bridgehead atoms. The number of anilines is 1. The molecule has 3 heteroatoms. The molecule has 0 aliphatic heterocycles. The molecule has 0 aromatic heterocycles. The summed E-state index contributed by atoms with van der Waals surface area (Å²) in [5, 5.41) is 0. The third kappa shape index (κ3) is 2.18. The summed E-state index contributed by atoms with van der Waals surface area (Å²) in [6.45, 7) is 1.56. The number of benzene rings is 1. The number of nitrogens with one attached hydrogen (secondary N) is 1. The highest BCUT2D eigenvalue weighted by Gasteiger charge is 1.96. The summed E-state index contributed by atoms with van der Waals surface area (Å²) in [5.41, 5.74) is 1.76. The van der Waals surface area contributed by atoms with E-state index in [-0.39, 0.29) is 5.78 Å². The summed E-state index contributed by atoms with van der Waals surface area (Å²) in [6.07, 6.45) is 0. The molecule has 2 nitrogen and oxygen atoms in total. The SMILES string of the molecule is CC(=O)c1ccc(NI)cc1. The van der Waals surface area contributed by atoms with Gasteiger partial charge in [0.05, 0.1) is 22.9 Å².